The smallest absolute Gasteiger partial charge is 0.364 e. The molecule has 17 N–H and O–H groups in total. The number of rotatable bonds is 53. The minimum absolute atomic E-state index is 0.196. The fourth-order valence-corrected chi connectivity index (χ4v) is 13.4. The van der Waals surface area contributed by atoms with Crippen molar-refractivity contribution in [3.05, 3.63) is 12.2 Å². The van der Waals surface area contributed by atoms with Crippen molar-refractivity contribution in [1.29, 1.82) is 0 Å². The molecular formula is C71H129N3O26. The molecule has 0 spiro atoms. The van der Waals surface area contributed by atoms with Crippen LogP contribution >= 0.6 is 0 Å². The molecule has 4 saturated heterocycles. The second-order valence-electron chi connectivity index (χ2n) is 27.9. The average Bonchev–Trinajstić information content (AvgIpc) is 0.777. The zero-order valence-electron chi connectivity index (χ0n) is 59.9. The molecule has 0 aromatic carbocycles. The van der Waals surface area contributed by atoms with Gasteiger partial charge < -0.3 is 125 Å². The van der Waals surface area contributed by atoms with E-state index < -0.39 is 198 Å². The first-order chi connectivity index (χ1) is 48.0. The van der Waals surface area contributed by atoms with Crippen LogP contribution < -0.4 is 16.0 Å². The van der Waals surface area contributed by atoms with E-state index in [4.69, 9.17) is 37.9 Å². The number of hydrogen-bond donors (Lipinski definition) is 17. The Balaban J connectivity index is 1.36. The van der Waals surface area contributed by atoms with Gasteiger partial charge in [-0.15, -0.1) is 0 Å². The van der Waals surface area contributed by atoms with Crippen molar-refractivity contribution < 1.29 is 129 Å². The van der Waals surface area contributed by atoms with Crippen LogP contribution in [0.25, 0.3) is 0 Å². The lowest BCUT2D eigenvalue weighted by Crippen LogP contribution is -2.69. The van der Waals surface area contributed by atoms with Crippen LogP contribution in [0.15, 0.2) is 12.2 Å². The van der Waals surface area contributed by atoms with E-state index in [-0.39, 0.29) is 12.3 Å². The van der Waals surface area contributed by atoms with Crippen molar-refractivity contribution in [2.45, 2.75) is 380 Å². The number of amides is 3. The van der Waals surface area contributed by atoms with Gasteiger partial charge in [-0.05, 0) is 19.3 Å². The molecule has 100 heavy (non-hydrogen) atoms. The molecule has 0 radical (unpaired) electrons. The Kier molecular flexibility index (Phi) is 44.2. The van der Waals surface area contributed by atoms with Gasteiger partial charge in [0, 0.05) is 26.7 Å². The predicted molar refractivity (Wildman–Crippen MR) is 364 cm³/mol. The highest BCUT2D eigenvalue weighted by Crippen LogP contribution is 2.37. The van der Waals surface area contributed by atoms with E-state index in [0.717, 1.165) is 58.8 Å². The van der Waals surface area contributed by atoms with E-state index in [1.807, 2.05) is 6.08 Å². The summed E-state index contributed by atoms with van der Waals surface area (Å²) in [5.74, 6) is -6.77. The summed E-state index contributed by atoms with van der Waals surface area (Å²) in [7, 11) is 0. The zero-order valence-corrected chi connectivity index (χ0v) is 59.9. The number of carbonyl (C=O) groups excluding carboxylic acids is 3. The molecule has 0 bridgehead atoms. The summed E-state index contributed by atoms with van der Waals surface area (Å²) in [4.78, 5) is 50.9. The van der Waals surface area contributed by atoms with Crippen molar-refractivity contribution in [2.24, 2.45) is 0 Å². The number of aliphatic hydroxyl groups is 13. The summed E-state index contributed by atoms with van der Waals surface area (Å²) >= 11 is 0. The SMILES string of the molecule is CCCCCCCCCCCCC/C=C/[C@@H](O)[C@H](CO[C@@H]1OC(CO)[C@@H](O[C@@H]2OC(CO)[C@H](O[C@@H]3OC(CO[C@]4(C(=O)O)CC(O)[C@@H](NC(C)=O)C([C@H](O)[C@H](O)CO)O4)[C@H](O)[C@H](O)C3NC(C)=O)[C@H](O)C2O)[C@H](O)C1O)NC(=O)CCCCCCCCCCCCCCCCCCCCC. The standard InChI is InChI=1S/C71H129N3O26/c1-5-7-9-11-13-15-17-19-20-21-22-23-24-26-28-30-32-34-36-38-54(83)74-47(48(80)37-35-33-31-29-27-25-18-16-14-12-10-8-6-2)43-93-68-62(89)60(87)65(51(41-76)95-68)99-69-63(90)61(88)64(52(42-77)96-69)98-67-56(73-46(4)79)59(86)58(85)53(97-67)44-94-71(70(91)92)39-49(81)55(72-45(3)78)66(100-71)57(84)50(82)40-75/h35,37,47-53,55-69,75-77,80-82,84-90H,5-34,36,38-44H2,1-4H3,(H,72,78)(H,73,79)(H,74,83)(H,91,92)/b37-35+/t47-,48+,49?,50+,51?,52?,53?,55+,56?,57+,58-,59+,60+,61+,62?,63?,64-,65+,66?,67-,68+,69-,71+/m0/s1. The second-order valence-corrected chi connectivity index (χ2v) is 27.9. The van der Waals surface area contributed by atoms with Gasteiger partial charge in [-0.1, -0.05) is 206 Å². The maximum absolute atomic E-state index is 13.5. The fourth-order valence-electron chi connectivity index (χ4n) is 13.4. The van der Waals surface area contributed by atoms with Crippen LogP contribution in [0.2, 0.25) is 0 Å². The van der Waals surface area contributed by atoms with Gasteiger partial charge in [0.2, 0.25) is 17.7 Å². The Morgan fingerprint density at radius 2 is 0.960 bits per heavy atom. The van der Waals surface area contributed by atoms with Crippen molar-refractivity contribution in [3.8, 4) is 0 Å². The minimum Gasteiger partial charge on any atom is -0.477 e. The Hall–Kier alpha value is -3.22. The van der Waals surface area contributed by atoms with Gasteiger partial charge >= 0.3 is 5.97 Å². The summed E-state index contributed by atoms with van der Waals surface area (Å²) in [5.41, 5.74) is 0. The van der Waals surface area contributed by atoms with Crippen LogP contribution in [0.1, 0.15) is 240 Å². The normalized spacial score (nSPS) is 31.5. The number of ether oxygens (including phenoxy) is 8. The molecule has 3 amide bonds. The van der Waals surface area contributed by atoms with Gasteiger partial charge in [0.15, 0.2) is 18.9 Å². The van der Waals surface area contributed by atoms with Crippen LogP contribution in [0.4, 0.5) is 0 Å². The minimum atomic E-state index is -2.95. The third-order valence-electron chi connectivity index (χ3n) is 19.5. The van der Waals surface area contributed by atoms with Gasteiger partial charge in [0.25, 0.3) is 5.79 Å². The number of hydrogen-bond acceptors (Lipinski definition) is 25. The van der Waals surface area contributed by atoms with Crippen LogP contribution in [0.3, 0.4) is 0 Å². The zero-order chi connectivity index (χ0) is 73.6. The molecule has 4 fully saturated rings. The van der Waals surface area contributed by atoms with Crippen molar-refractivity contribution >= 4 is 23.7 Å². The maximum Gasteiger partial charge on any atom is 0.364 e. The van der Waals surface area contributed by atoms with Crippen LogP contribution in [0, 0.1) is 0 Å². The summed E-state index contributed by atoms with van der Waals surface area (Å²) < 4.78 is 46.8. The van der Waals surface area contributed by atoms with E-state index in [0.29, 0.717) is 12.8 Å². The molecule has 0 aromatic heterocycles. The molecule has 8 unspecified atom stereocenters. The number of unbranched alkanes of at least 4 members (excludes halogenated alkanes) is 29. The lowest BCUT2D eigenvalue weighted by atomic mass is 9.88. The molecule has 4 rings (SSSR count). The Morgan fingerprint density at radius 3 is 1.42 bits per heavy atom. The largest absolute Gasteiger partial charge is 0.477 e. The van der Waals surface area contributed by atoms with Crippen LogP contribution in [-0.4, -0.2) is 269 Å². The molecule has 23 atom stereocenters. The third kappa shape index (κ3) is 30.3. The van der Waals surface area contributed by atoms with E-state index in [2.05, 4.69) is 29.8 Å². The number of nitrogens with one attached hydrogen (secondary N) is 3. The average molecular weight is 1440 g/mol. The molecule has 4 aliphatic heterocycles. The Morgan fingerprint density at radius 1 is 0.530 bits per heavy atom. The van der Waals surface area contributed by atoms with Gasteiger partial charge in [-0.3, -0.25) is 14.4 Å². The fraction of sp³-hybridized carbons (Fsp3) is 0.915. The monoisotopic (exact) mass is 1440 g/mol. The van der Waals surface area contributed by atoms with Crippen LogP contribution in [0.5, 0.6) is 0 Å². The van der Waals surface area contributed by atoms with Gasteiger partial charge in [0.05, 0.1) is 57.3 Å². The Labute approximate surface area is 591 Å². The van der Waals surface area contributed by atoms with E-state index >= 15 is 0 Å². The quantitative estimate of drug-likeness (QED) is 0.0307. The van der Waals surface area contributed by atoms with Gasteiger partial charge in [0.1, 0.15) is 91.5 Å². The number of aliphatic hydroxyl groups excluding tert-OH is 13. The molecule has 29 nitrogen and oxygen atoms in total. The summed E-state index contributed by atoms with van der Waals surface area (Å²) in [6, 6.07) is -4.32. The highest BCUT2D eigenvalue weighted by atomic mass is 16.8. The number of allylic oxidation sites excluding steroid dienone is 1. The number of aliphatic carboxylic acids is 1. The molecule has 29 heteroatoms. The second kappa shape index (κ2) is 49.5. The van der Waals surface area contributed by atoms with E-state index in [1.54, 1.807) is 6.08 Å². The lowest BCUT2D eigenvalue weighted by molar-refractivity contribution is -0.376. The first kappa shape index (κ1) is 89.2. The highest BCUT2D eigenvalue weighted by molar-refractivity contribution is 5.77. The molecule has 0 aromatic rings. The third-order valence-corrected chi connectivity index (χ3v) is 19.5. The van der Waals surface area contributed by atoms with E-state index in [1.165, 1.54) is 141 Å². The van der Waals surface area contributed by atoms with Crippen molar-refractivity contribution in [2.75, 3.05) is 33.0 Å². The number of carbonyl (C=O) groups is 4. The van der Waals surface area contributed by atoms with E-state index in [9.17, 15) is 90.7 Å². The number of carboxylic acids is 1. The summed E-state index contributed by atoms with van der Waals surface area (Å²) in [5, 5.41) is 161. The molecule has 4 aliphatic rings. The highest BCUT2D eigenvalue weighted by Gasteiger charge is 2.58. The molecular weight excluding hydrogens is 1310 g/mol. The Bertz CT molecular complexity index is 2250. The van der Waals surface area contributed by atoms with Gasteiger partial charge in [-0.2, -0.15) is 0 Å². The number of carboxylic acid groups (broad SMARTS) is 1. The predicted octanol–water partition coefficient (Wildman–Crippen LogP) is 2.69. The summed E-state index contributed by atoms with van der Waals surface area (Å²) in [6.45, 7) is 2.07. The topological polar surface area (TPSA) is 461 Å². The maximum atomic E-state index is 13.5. The first-order valence-corrected chi connectivity index (χ1v) is 37.6. The summed E-state index contributed by atoms with van der Waals surface area (Å²) in [6.07, 6.45) is 3.59. The molecule has 4 heterocycles. The van der Waals surface area contributed by atoms with Crippen LogP contribution in [-0.2, 0) is 57.1 Å². The van der Waals surface area contributed by atoms with Crippen molar-refractivity contribution in [3.63, 3.8) is 0 Å². The van der Waals surface area contributed by atoms with Gasteiger partial charge in [-0.25, -0.2) is 4.79 Å². The van der Waals surface area contributed by atoms with Crippen molar-refractivity contribution in [1.82, 2.24) is 16.0 Å². The molecule has 0 aliphatic carbocycles. The lowest BCUT2D eigenvalue weighted by Gasteiger charge is -2.49. The first-order valence-electron chi connectivity index (χ1n) is 37.6. The molecule has 0 saturated carbocycles. The molecule has 584 valence electrons.